The lowest BCUT2D eigenvalue weighted by Gasteiger charge is -2.05. The van der Waals surface area contributed by atoms with Gasteiger partial charge in [-0.3, -0.25) is 0 Å². The molecule has 0 aliphatic carbocycles. The molecule has 0 radical (unpaired) electrons. The number of aromatic nitrogens is 3. The molecule has 0 aliphatic heterocycles. The Balaban J connectivity index is 1.82. The fraction of sp³-hybridized carbons (Fsp3) is 0.286. The number of nitrogens with zero attached hydrogens (tertiary/aromatic N) is 3. The summed E-state index contributed by atoms with van der Waals surface area (Å²) < 4.78 is 10.0. The average molecular weight is 318 g/mol. The minimum atomic E-state index is -0.545. The van der Waals surface area contributed by atoms with Crippen LogP contribution in [0.4, 0.5) is 5.82 Å². The summed E-state index contributed by atoms with van der Waals surface area (Å²) in [5.41, 5.74) is 1.60. The van der Waals surface area contributed by atoms with Crippen molar-refractivity contribution in [2.75, 3.05) is 18.5 Å². The number of hydrogen-bond acceptors (Lipinski definition) is 8. The number of ether oxygens (including phenoxy) is 1. The number of carbonyl (C=O) groups excluding carboxylic acids is 1. The van der Waals surface area contributed by atoms with Gasteiger partial charge >= 0.3 is 5.97 Å². The number of anilines is 1. The fourth-order valence-electron chi connectivity index (χ4n) is 2.02. The van der Waals surface area contributed by atoms with Gasteiger partial charge in [0.15, 0.2) is 0 Å². The van der Waals surface area contributed by atoms with Crippen LogP contribution in [0.3, 0.4) is 0 Å². The van der Waals surface area contributed by atoms with Gasteiger partial charge in [0.25, 0.3) is 5.71 Å². The van der Waals surface area contributed by atoms with Gasteiger partial charge in [-0.05, 0) is 35.7 Å². The maximum atomic E-state index is 11.9. The molecule has 0 fully saturated rings. The minimum absolute atomic E-state index is 0.0930. The molecule has 22 heavy (non-hydrogen) atoms. The zero-order chi connectivity index (χ0) is 15.4. The first-order valence-corrected chi connectivity index (χ1v) is 7.76. The van der Waals surface area contributed by atoms with Gasteiger partial charge in [-0.1, -0.05) is 5.16 Å². The van der Waals surface area contributed by atoms with E-state index in [1.807, 2.05) is 5.38 Å². The van der Waals surface area contributed by atoms with Gasteiger partial charge in [0.1, 0.15) is 17.5 Å². The van der Waals surface area contributed by atoms with E-state index >= 15 is 0 Å². The second-order valence-electron chi connectivity index (χ2n) is 4.46. The summed E-state index contributed by atoms with van der Waals surface area (Å²) in [7, 11) is 0. The smallest absolute Gasteiger partial charge is 0.361 e. The van der Waals surface area contributed by atoms with E-state index in [0.29, 0.717) is 17.7 Å². The molecular weight excluding hydrogens is 304 g/mol. The molecule has 0 aromatic carbocycles. The standard InChI is InChI=1S/C14H14N4O3S/c1-2-20-14(19)11-10-12(16-8-17-13(10)21-18-11)15-5-3-9-4-6-22-7-9/h4,6-8H,2-3,5H2,1H3,(H,15,16,17). The van der Waals surface area contributed by atoms with E-state index in [1.54, 1.807) is 18.3 Å². The van der Waals surface area contributed by atoms with Crippen LogP contribution in [0.2, 0.25) is 0 Å². The summed E-state index contributed by atoms with van der Waals surface area (Å²) >= 11 is 1.66. The molecule has 3 aromatic heterocycles. The van der Waals surface area contributed by atoms with Gasteiger partial charge in [-0.25, -0.2) is 9.78 Å². The molecule has 0 spiro atoms. The number of hydrogen-bond donors (Lipinski definition) is 1. The summed E-state index contributed by atoms with van der Waals surface area (Å²) in [6.45, 7) is 2.68. The van der Waals surface area contributed by atoms with E-state index in [0.717, 1.165) is 6.42 Å². The Morgan fingerprint density at radius 3 is 3.14 bits per heavy atom. The van der Waals surface area contributed by atoms with Gasteiger partial charge in [0, 0.05) is 6.54 Å². The van der Waals surface area contributed by atoms with E-state index in [-0.39, 0.29) is 18.0 Å². The van der Waals surface area contributed by atoms with Gasteiger partial charge in [-0.15, -0.1) is 0 Å². The first kappa shape index (κ1) is 14.5. The normalized spacial score (nSPS) is 10.8. The molecule has 114 valence electrons. The predicted molar refractivity (Wildman–Crippen MR) is 82.1 cm³/mol. The SMILES string of the molecule is CCOC(=O)c1noc2ncnc(NCCc3ccsc3)c12. The lowest BCUT2D eigenvalue weighted by Crippen LogP contribution is -2.09. The van der Waals surface area contributed by atoms with Crippen molar-refractivity contribution in [3.8, 4) is 0 Å². The van der Waals surface area contributed by atoms with Crippen LogP contribution in [0.5, 0.6) is 0 Å². The molecule has 0 aliphatic rings. The summed E-state index contributed by atoms with van der Waals surface area (Å²) in [4.78, 5) is 20.1. The number of thiophene rings is 1. The molecule has 0 bridgehead atoms. The highest BCUT2D eigenvalue weighted by molar-refractivity contribution is 7.07. The Morgan fingerprint density at radius 2 is 2.36 bits per heavy atom. The third-order valence-electron chi connectivity index (χ3n) is 3.03. The third-order valence-corrected chi connectivity index (χ3v) is 3.76. The Morgan fingerprint density at radius 1 is 1.45 bits per heavy atom. The molecule has 7 nitrogen and oxygen atoms in total. The highest BCUT2D eigenvalue weighted by atomic mass is 32.1. The number of fused-ring (bicyclic) bond motifs is 1. The van der Waals surface area contributed by atoms with Crippen molar-refractivity contribution in [1.29, 1.82) is 0 Å². The molecule has 0 saturated heterocycles. The molecule has 0 saturated carbocycles. The molecule has 0 atom stereocenters. The van der Waals surface area contributed by atoms with Gasteiger partial charge in [0.2, 0.25) is 5.69 Å². The maximum absolute atomic E-state index is 11.9. The van der Waals surface area contributed by atoms with Crippen LogP contribution in [0, 0.1) is 0 Å². The Labute approximate surface area is 130 Å². The van der Waals surface area contributed by atoms with Crippen molar-refractivity contribution in [3.63, 3.8) is 0 Å². The molecule has 3 aromatic rings. The largest absolute Gasteiger partial charge is 0.461 e. The van der Waals surface area contributed by atoms with E-state index < -0.39 is 5.97 Å². The molecular formula is C14H14N4O3S. The van der Waals surface area contributed by atoms with E-state index in [1.165, 1.54) is 11.9 Å². The topological polar surface area (TPSA) is 90.1 Å². The Hall–Kier alpha value is -2.48. The quantitative estimate of drug-likeness (QED) is 0.698. The molecule has 0 unspecified atom stereocenters. The van der Waals surface area contributed by atoms with E-state index in [2.05, 4.69) is 31.9 Å². The van der Waals surface area contributed by atoms with Crippen molar-refractivity contribution in [2.45, 2.75) is 13.3 Å². The van der Waals surface area contributed by atoms with Crippen LogP contribution in [0.1, 0.15) is 23.0 Å². The summed E-state index contributed by atoms with van der Waals surface area (Å²) in [5, 5.41) is 11.5. The molecule has 8 heteroatoms. The predicted octanol–water partition coefficient (Wildman–Crippen LogP) is 2.51. The highest BCUT2D eigenvalue weighted by Crippen LogP contribution is 2.23. The monoisotopic (exact) mass is 318 g/mol. The first-order chi connectivity index (χ1) is 10.8. The lowest BCUT2D eigenvalue weighted by molar-refractivity contribution is 0.0517. The summed E-state index contributed by atoms with van der Waals surface area (Å²) in [6.07, 6.45) is 2.23. The average Bonchev–Trinajstić information content (AvgIpc) is 3.16. The van der Waals surface area contributed by atoms with Crippen molar-refractivity contribution >= 4 is 34.2 Å². The van der Waals surface area contributed by atoms with Crippen molar-refractivity contribution in [2.24, 2.45) is 0 Å². The summed E-state index contributed by atoms with van der Waals surface area (Å²) in [5.74, 6) is -0.0264. The van der Waals surface area contributed by atoms with Gasteiger partial charge < -0.3 is 14.6 Å². The zero-order valence-electron chi connectivity index (χ0n) is 11.9. The fourth-order valence-corrected chi connectivity index (χ4v) is 2.72. The van der Waals surface area contributed by atoms with Gasteiger partial charge in [-0.2, -0.15) is 16.3 Å². The van der Waals surface area contributed by atoms with Crippen molar-refractivity contribution < 1.29 is 14.1 Å². The number of carbonyl (C=O) groups is 1. The minimum Gasteiger partial charge on any atom is -0.461 e. The third kappa shape index (κ3) is 2.91. The van der Waals surface area contributed by atoms with Crippen LogP contribution in [-0.4, -0.2) is 34.2 Å². The zero-order valence-corrected chi connectivity index (χ0v) is 12.7. The lowest BCUT2D eigenvalue weighted by atomic mass is 10.2. The van der Waals surface area contributed by atoms with Gasteiger partial charge in [0.05, 0.1) is 6.61 Å². The second kappa shape index (κ2) is 6.52. The van der Waals surface area contributed by atoms with Crippen molar-refractivity contribution in [1.82, 2.24) is 15.1 Å². The summed E-state index contributed by atoms with van der Waals surface area (Å²) in [6, 6.07) is 2.07. The number of rotatable bonds is 6. The first-order valence-electron chi connectivity index (χ1n) is 6.82. The molecule has 0 amide bonds. The van der Waals surface area contributed by atoms with E-state index in [4.69, 9.17) is 9.26 Å². The molecule has 1 N–H and O–H groups in total. The molecule has 3 rings (SSSR count). The Bertz CT molecular complexity index is 770. The maximum Gasteiger partial charge on any atom is 0.361 e. The number of nitrogens with one attached hydrogen (secondary N) is 1. The van der Waals surface area contributed by atoms with Crippen LogP contribution in [-0.2, 0) is 11.2 Å². The highest BCUT2D eigenvalue weighted by Gasteiger charge is 2.21. The van der Waals surface area contributed by atoms with E-state index in [9.17, 15) is 4.79 Å². The Kier molecular flexibility index (Phi) is 4.29. The van der Waals surface area contributed by atoms with Crippen LogP contribution < -0.4 is 5.32 Å². The molecule has 3 heterocycles. The van der Waals surface area contributed by atoms with Crippen LogP contribution in [0.15, 0.2) is 27.7 Å². The number of esters is 1. The van der Waals surface area contributed by atoms with Crippen LogP contribution >= 0.6 is 11.3 Å². The van der Waals surface area contributed by atoms with Crippen LogP contribution in [0.25, 0.3) is 11.1 Å². The second-order valence-corrected chi connectivity index (χ2v) is 5.24. The van der Waals surface area contributed by atoms with Crippen molar-refractivity contribution in [3.05, 3.63) is 34.4 Å².